The smallest absolute Gasteiger partial charge is 0.226 e. The maximum Gasteiger partial charge on any atom is 0.226 e. The van der Waals surface area contributed by atoms with Gasteiger partial charge in [-0.25, -0.2) is 0 Å². The molecule has 0 aromatic heterocycles. The van der Waals surface area contributed by atoms with Gasteiger partial charge >= 0.3 is 0 Å². The van der Waals surface area contributed by atoms with Gasteiger partial charge in [-0.1, -0.05) is 12.8 Å². The predicted octanol–water partition coefficient (Wildman–Crippen LogP) is 0.112. The summed E-state index contributed by atoms with van der Waals surface area (Å²) in [6.45, 7) is 3.53. The summed E-state index contributed by atoms with van der Waals surface area (Å²) >= 11 is 0. The lowest BCUT2D eigenvalue weighted by molar-refractivity contribution is -0.143. The Morgan fingerprint density at radius 3 is 2.39 bits per heavy atom. The van der Waals surface area contributed by atoms with Crippen molar-refractivity contribution < 1.29 is 14.7 Å². The highest BCUT2D eigenvalue weighted by Gasteiger charge is 2.38. The van der Waals surface area contributed by atoms with E-state index < -0.39 is 0 Å². The lowest BCUT2D eigenvalue weighted by atomic mass is 9.77. The van der Waals surface area contributed by atoms with Gasteiger partial charge in [0.1, 0.15) is 0 Å². The second-order valence-electron chi connectivity index (χ2n) is 7.26. The molecule has 4 atom stereocenters. The first kappa shape index (κ1) is 16.7. The first-order valence-electron chi connectivity index (χ1n) is 9.12. The molecule has 2 aliphatic heterocycles. The predicted molar refractivity (Wildman–Crippen MR) is 86.6 cm³/mol. The Morgan fingerprint density at radius 2 is 1.74 bits per heavy atom. The molecule has 2 heterocycles. The largest absolute Gasteiger partial charge is 0.391 e. The third kappa shape index (κ3) is 3.86. The fourth-order valence-corrected chi connectivity index (χ4v) is 4.20. The zero-order valence-electron chi connectivity index (χ0n) is 13.8. The molecule has 4 unspecified atom stereocenters. The fraction of sp³-hybridized carbons (Fsp3) is 0.882. The number of hydrogen-bond acceptors (Lipinski definition) is 4. The van der Waals surface area contributed by atoms with Crippen LogP contribution >= 0.6 is 0 Å². The van der Waals surface area contributed by atoms with Crippen LogP contribution in [0.4, 0.5) is 0 Å². The van der Waals surface area contributed by atoms with Crippen molar-refractivity contribution in [1.82, 2.24) is 15.5 Å². The maximum absolute atomic E-state index is 12.7. The molecule has 130 valence electrons. The molecule has 0 aromatic carbocycles. The average molecular weight is 323 g/mol. The minimum Gasteiger partial charge on any atom is -0.391 e. The molecule has 23 heavy (non-hydrogen) atoms. The van der Waals surface area contributed by atoms with Crippen LogP contribution in [0.25, 0.3) is 0 Å². The molecule has 3 rings (SSSR count). The van der Waals surface area contributed by atoms with Crippen LogP contribution < -0.4 is 10.6 Å². The first-order valence-corrected chi connectivity index (χ1v) is 9.12. The lowest BCUT2D eigenvalue weighted by Gasteiger charge is -2.32. The third-order valence-electron chi connectivity index (χ3n) is 5.68. The topological polar surface area (TPSA) is 81.7 Å². The Labute approximate surface area is 138 Å². The molecule has 3 aliphatic rings. The molecular weight excluding hydrogens is 294 g/mol. The number of likely N-dealkylation sites (tertiary alicyclic amines) is 1. The van der Waals surface area contributed by atoms with Crippen LogP contribution in [0, 0.1) is 17.8 Å². The normalized spacial score (nSPS) is 34.6. The highest BCUT2D eigenvalue weighted by atomic mass is 16.3. The molecular formula is C17H29N3O3. The van der Waals surface area contributed by atoms with Crippen molar-refractivity contribution in [2.24, 2.45) is 17.8 Å². The number of nitrogens with zero attached hydrogens (tertiary/aromatic N) is 1. The first-order chi connectivity index (χ1) is 11.2. The van der Waals surface area contributed by atoms with Crippen LogP contribution in [-0.4, -0.2) is 60.6 Å². The van der Waals surface area contributed by atoms with Crippen LogP contribution in [0.15, 0.2) is 0 Å². The zero-order valence-corrected chi connectivity index (χ0v) is 13.8. The van der Waals surface area contributed by atoms with Gasteiger partial charge in [-0.15, -0.1) is 0 Å². The summed E-state index contributed by atoms with van der Waals surface area (Å²) in [5, 5.41) is 15.9. The number of carbonyl (C=O) groups is 2. The number of nitrogens with one attached hydrogen (secondary N) is 2. The molecule has 6 nitrogen and oxygen atoms in total. The summed E-state index contributed by atoms with van der Waals surface area (Å²) < 4.78 is 0. The van der Waals surface area contributed by atoms with Crippen molar-refractivity contribution in [2.75, 3.05) is 32.7 Å². The van der Waals surface area contributed by atoms with Crippen molar-refractivity contribution in [2.45, 2.75) is 44.6 Å². The van der Waals surface area contributed by atoms with Crippen molar-refractivity contribution in [3.63, 3.8) is 0 Å². The number of hydrogen-bond donors (Lipinski definition) is 3. The number of aliphatic hydroxyl groups excluding tert-OH is 1. The summed E-state index contributed by atoms with van der Waals surface area (Å²) in [6, 6.07) is 0. The molecule has 1 aliphatic carbocycles. The van der Waals surface area contributed by atoms with E-state index >= 15 is 0 Å². The molecule has 2 amide bonds. The minimum atomic E-state index is -0.385. The number of β-amino-alcohol motifs (C(OH)–C–C–N with tert-alkyl or cyclic N) is 1. The fourth-order valence-electron chi connectivity index (χ4n) is 4.20. The zero-order chi connectivity index (χ0) is 16.2. The van der Waals surface area contributed by atoms with E-state index in [1.807, 2.05) is 4.90 Å². The third-order valence-corrected chi connectivity index (χ3v) is 5.68. The summed E-state index contributed by atoms with van der Waals surface area (Å²) in [5.74, 6) is -0.0710. The van der Waals surface area contributed by atoms with E-state index in [4.69, 9.17) is 0 Å². The lowest BCUT2D eigenvalue weighted by Crippen LogP contribution is -2.46. The maximum atomic E-state index is 12.7. The number of carbonyl (C=O) groups excluding carboxylic acids is 2. The van der Waals surface area contributed by atoms with E-state index in [0.29, 0.717) is 13.1 Å². The van der Waals surface area contributed by atoms with Gasteiger partial charge in [0.05, 0.1) is 6.10 Å². The molecule has 1 saturated carbocycles. The van der Waals surface area contributed by atoms with Gasteiger partial charge < -0.3 is 20.6 Å². The summed E-state index contributed by atoms with van der Waals surface area (Å²) in [7, 11) is 0. The molecule has 0 spiro atoms. The van der Waals surface area contributed by atoms with Crippen LogP contribution in [-0.2, 0) is 9.59 Å². The summed E-state index contributed by atoms with van der Waals surface area (Å²) in [6.07, 6.45) is 5.49. The second kappa shape index (κ2) is 7.62. The Balaban J connectivity index is 1.56. The standard InChI is InChI=1S/C17H29N3O3/c21-15-11-18-9-12(15)10-19-16(22)13-5-1-2-6-14(13)17(23)20-7-3-4-8-20/h12-15,18,21H,1-11H2,(H,19,22). The second-order valence-corrected chi connectivity index (χ2v) is 7.26. The molecule has 2 saturated heterocycles. The molecule has 3 fully saturated rings. The monoisotopic (exact) mass is 323 g/mol. The Morgan fingerprint density at radius 1 is 1.04 bits per heavy atom. The van der Waals surface area contributed by atoms with E-state index in [9.17, 15) is 14.7 Å². The average Bonchev–Trinajstić information content (AvgIpc) is 3.24. The van der Waals surface area contributed by atoms with E-state index in [0.717, 1.165) is 58.2 Å². The Hall–Kier alpha value is -1.14. The van der Waals surface area contributed by atoms with Crippen LogP contribution in [0.3, 0.4) is 0 Å². The van der Waals surface area contributed by atoms with Crippen molar-refractivity contribution >= 4 is 11.8 Å². The van der Waals surface area contributed by atoms with E-state index in [1.54, 1.807) is 0 Å². The highest BCUT2D eigenvalue weighted by molar-refractivity contribution is 5.88. The SMILES string of the molecule is O=C(NCC1CNCC1O)C1CCCCC1C(=O)N1CCCC1. The van der Waals surface area contributed by atoms with Gasteiger partial charge in [0.25, 0.3) is 0 Å². The van der Waals surface area contributed by atoms with Crippen LogP contribution in [0.2, 0.25) is 0 Å². The van der Waals surface area contributed by atoms with Crippen molar-refractivity contribution in [3.05, 3.63) is 0 Å². The quantitative estimate of drug-likeness (QED) is 0.686. The van der Waals surface area contributed by atoms with Crippen molar-refractivity contribution in [1.29, 1.82) is 0 Å². The van der Waals surface area contributed by atoms with Crippen molar-refractivity contribution in [3.8, 4) is 0 Å². The van der Waals surface area contributed by atoms with Gasteiger partial charge in [-0.2, -0.15) is 0 Å². The van der Waals surface area contributed by atoms with Gasteiger partial charge in [0, 0.05) is 50.5 Å². The number of rotatable bonds is 4. The minimum absolute atomic E-state index is 0.00125. The number of amides is 2. The molecule has 0 bridgehead atoms. The van der Waals surface area contributed by atoms with Gasteiger partial charge in [-0.3, -0.25) is 9.59 Å². The van der Waals surface area contributed by atoms with E-state index in [-0.39, 0.29) is 35.7 Å². The molecule has 0 aromatic rings. The molecule has 3 N–H and O–H groups in total. The Kier molecular flexibility index (Phi) is 5.54. The molecule has 6 heteroatoms. The summed E-state index contributed by atoms with van der Waals surface area (Å²) in [4.78, 5) is 27.3. The molecule has 0 radical (unpaired) electrons. The highest BCUT2D eigenvalue weighted by Crippen LogP contribution is 2.32. The van der Waals surface area contributed by atoms with Gasteiger partial charge in [-0.05, 0) is 25.7 Å². The van der Waals surface area contributed by atoms with E-state index in [1.165, 1.54) is 0 Å². The Bertz CT molecular complexity index is 437. The van der Waals surface area contributed by atoms with Crippen LogP contribution in [0.1, 0.15) is 38.5 Å². The summed E-state index contributed by atoms with van der Waals surface area (Å²) in [5.41, 5.74) is 0. The van der Waals surface area contributed by atoms with Gasteiger partial charge in [0.15, 0.2) is 0 Å². The van der Waals surface area contributed by atoms with E-state index in [2.05, 4.69) is 10.6 Å². The van der Waals surface area contributed by atoms with Crippen LogP contribution in [0.5, 0.6) is 0 Å². The van der Waals surface area contributed by atoms with Gasteiger partial charge in [0.2, 0.25) is 11.8 Å². The number of aliphatic hydroxyl groups is 1.